The van der Waals surface area contributed by atoms with Crippen LogP contribution in [0, 0.1) is 5.92 Å². The van der Waals surface area contributed by atoms with Crippen LogP contribution in [-0.4, -0.2) is 29.1 Å². The zero-order chi connectivity index (χ0) is 20.6. The fraction of sp³-hybridized carbons (Fsp3) is 0.379. The van der Waals surface area contributed by atoms with E-state index >= 15 is 0 Å². The van der Waals surface area contributed by atoms with E-state index in [1.165, 1.54) is 42.4 Å². The zero-order valence-electron chi connectivity index (χ0n) is 18.1. The van der Waals surface area contributed by atoms with Gasteiger partial charge in [-0.3, -0.25) is 4.90 Å². The number of hydrogen-bond acceptors (Lipinski definition) is 2. The van der Waals surface area contributed by atoms with Crippen molar-refractivity contribution in [3.8, 4) is 0 Å². The van der Waals surface area contributed by atoms with Gasteiger partial charge in [-0.2, -0.15) is 0 Å². The SMILES string of the molecule is c1ccc(CNC2C3CC4CCC(C3)N4C2C(c2ccccc2)c2ccccc2)cc1. The van der Waals surface area contributed by atoms with Crippen LogP contribution in [-0.2, 0) is 6.54 Å². The number of piperidine rings is 3. The summed E-state index contributed by atoms with van der Waals surface area (Å²) in [5, 5.41) is 4.07. The lowest BCUT2D eigenvalue weighted by molar-refractivity contribution is -0.0464. The third kappa shape index (κ3) is 3.52. The van der Waals surface area contributed by atoms with Crippen LogP contribution in [0.1, 0.15) is 48.3 Å². The van der Waals surface area contributed by atoms with Gasteiger partial charge in [-0.1, -0.05) is 91.0 Å². The number of nitrogens with zero attached hydrogens (tertiary/aromatic N) is 1. The molecule has 0 saturated carbocycles. The van der Waals surface area contributed by atoms with Crippen LogP contribution < -0.4 is 5.32 Å². The van der Waals surface area contributed by atoms with Crippen molar-refractivity contribution in [1.29, 1.82) is 0 Å². The molecule has 0 amide bonds. The van der Waals surface area contributed by atoms with E-state index in [9.17, 15) is 0 Å². The van der Waals surface area contributed by atoms with Gasteiger partial charge in [0.05, 0.1) is 0 Å². The highest BCUT2D eigenvalue weighted by Gasteiger charge is 2.56. The van der Waals surface area contributed by atoms with Gasteiger partial charge in [0, 0.05) is 36.6 Å². The number of rotatable bonds is 6. The second-order valence-electron chi connectivity index (χ2n) is 9.75. The van der Waals surface area contributed by atoms with Gasteiger partial charge in [-0.15, -0.1) is 0 Å². The lowest BCUT2D eigenvalue weighted by atomic mass is 9.68. The maximum atomic E-state index is 4.07. The van der Waals surface area contributed by atoms with Crippen molar-refractivity contribution >= 4 is 0 Å². The van der Waals surface area contributed by atoms with E-state index in [-0.39, 0.29) is 0 Å². The van der Waals surface area contributed by atoms with E-state index in [0.29, 0.717) is 18.0 Å². The van der Waals surface area contributed by atoms with E-state index in [2.05, 4.69) is 101 Å². The van der Waals surface area contributed by atoms with Crippen molar-refractivity contribution in [2.24, 2.45) is 5.92 Å². The summed E-state index contributed by atoms with van der Waals surface area (Å²) in [5.41, 5.74) is 4.30. The monoisotopic (exact) mass is 408 g/mol. The lowest BCUT2D eigenvalue weighted by Crippen LogP contribution is -2.68. The molecule has 4 fully saturated rings. The fourth-order valence-electron chi connectivity index (χ4n) is 6.91. The number of hydrogen-bond donors (Lipinski definition) is 1. The highest BCUT2D eigenvalue weighted by atomic mass is 15.3. The molecule has 0 aliphatic carbocycles. The van der Waals surface area contributed by atoms with Crippen LogP contribution >= 0.6 is 0 Å². The molecule has 4 aliphatic heterocycles. The minimum atomic E-state index is 0.405. The van der Waals surface area contributed by atoms with Gasteiger partial charge in [-0.05, 0) is 48.3 Å². The molecule has 1 N–H and O–H groups in total. The van der Waals surface area contributed by atoms with Crippen LogP contribution in [0.15, 0.2) is 91.0 Å². The van der Waals surface area contributed by atoms with E-state index in [1.807, 2.05) is 0 Å². The topological polar surface area (TPSA) is 15.3 Å². The molecule has 3 aromatic rings. The Kier molecular flexibility index (Phi) is 5.13. The van der Waals surface area contributed by atoms with Gasteiger partial charge in [0.2, 0.25) is 0 Å². The molecule has 0 spiro atoms. The summed E-state index contributed by atoms with van der Waals surface area (Å²) in [6.45, 7) is 0.956. The second kappa shape index (κ2) is 8.26. The van der Waals surface area contributed by atoms with Crippen molar-refractivity contribution in [2.45, 2.75) is 62.3 Å². The minimum Gasteiger partial charge on any atom is -0.308 e. The normalized spacial score (nSPS) is 31.3. The summed E-state index contributed by atoms with van der Waals surface area (Å²) in [4.78, 5) is 2.95. The van der Waals surface area contributed by atoms with Crippen LogP contribution in [0.25, 0.3) is 0 Å². The second-order valence-corrected chi connectivity index (χ2v) is 9.75. The summed E-state index contributed by atoms with van der Waals surface area (Å²) in [6.07, 6.45) is 5.52. The predicted octanol–water partition coefficient (Wildman–Crippen LogP) is 5.60. The highest BCUT2D eigenvalue weighted by molar-refractivity contribution is 5.37. The molecule has 4 unspecified atom stereocenters. The molecule has 158 valence electrons. The molecule has 0 aromatic heterocycles. The summed E-state index contributed by atoms with van der Waals surface area (Å²) in [6, 6.07) is 36.0. The van der Waals surface area contributed by atoms with Crippen molar-refractivity contribution in [2.75, 3.05) is 0 Å². The molecule has 3 aromatic carbocycles. The van der Waals surface area contributed by atoms with Crippen molar-refractivity contribution in [3.05, 3.63) is 108 Å². The van der Waals surface area contributed by atoms with Crippen molar-refractivity contribution in [3.63, 3.8) is 0 Å². The Morgan fingerprint density at radius 1 is 0.710 bits per heavy atom. The first-order valence-electron chi connectivity index (χ1n) is 12.0. The molecule has 31 heavy (non-hydrogen) atoms. The Morgan fingerprint density at radius 3 is 1.77 bits per heavy atom. The van der Waals surface area contributed by atoms with Crippen molar-refractivity contribution in [1.82, 2.24) is 10.2 Å². The van der Waals surface area contributed by atoms with Gasteiger partial charge in [0.1, 0.15) is 0 Å². The molecule has 0 radical (unpaired) electrons. The smallest absolute Gasteiger partial charge is 0.0367 e. The zero-order valence-corrected chi connectivity index (χ0v) is 18.1. The molecule has 4 bridgehead atoms. The van der Waals surface area contributed by atoms with Crippen LogP contribution in [0.2, 0.25) is 0 Å². The lowest BCUT2D eigenvalue weighted by Gasteiger charge is -2.58. The van der Waals surface area contributed by atoms with E-state index in [4.69, 9.17) is 0 Å². The fourth-order valence-corrected chi connectivity index (χ4v) is 6.91. The van der Waals surface area contributed by atoms with E-state index < -0.39 is 0 Å². The standard InChI is InChI=1S/C29H32N2/c1-4-10-21(11-5-1)20-30-28-24-18-25-16-17-26(19-24)31(25)29(28)27(22-12-6-2-7-13-22)23-14-8-3-9-15-23/h1-15,24-30H,16-20H2. The third-order valence-corrected chi connectivity index (χ3v) is 8.09. The average Bonchev–Trinajstić information content (AvgIpc) is 3.13. The van der Waals surface area contributed by atoms with Crippen LogP contribution in [0.4, 0.5) is 0 Å². The van der Waals surface area contributed by atoms with Crippen LogP contribution in [0.3, 0.4) is 0 Å². The van der Waals surface area contributed by atoms with Gasteiger partial charge >= 0.3 is 0 Å². The first kappa shape index (κ1) is 19.3. The Balaban J connectivity index is 1.40. The molecule has 4 atom stereocenters. The summed E-state index contributed by atoms with van der Waals surface area (Å²) in [7, 11) is 0. The van der Waals surface area contributed by atoms with Crippen molar-refractivity contribution < 1.29 is 0 Å². The largest absolute Gasteiger partial charge is 0.308 e. The Hall–Kier alpha value is -2.42. The Labute approximate surface area is 186 Å². The molecule has 7 rings (SSSR count). The first-order chi connectivity index (χ1) is 15.4. The molecular formula is C29H32N2. The Bertz CT molecular complexity index is 934. The van der Waals surface area contributed by atoms with E-state index in [0.717, 1.165) is 24.5 Å². The van der Waals surface area contributed by atoms with Gasteiger partial charge < -0.3 is 5.32 Å². The average molecular weight is 409 g/mol. The molecule has 4 aliphatic rings. The molecule has 2 nitrogen and oxygen atoms in total. The summed E-state index contributed by atoms with van der Waals surface area (Å²) in [5.74, 6) is 1.19. The van der Waals surface area contributed by atoms with Gasteiger partial charge in [0.25, 0.3) is 0 Å². The minimum absolute atomic E-state index is 0.405. The van der Waals surface area contributed by atoms with E-state index in [1.54, 1.807) is 0 Å². The first-order valence-corrected chi connectivity index (χ1v) is 12.0. The molecule has 4 heterocycles. The third-order valence-electron chi connectivity index (χ3n) is 8.09. The maximum absolute atomic E-state index is 4.07. The number of benzene rings is 3. The molecule has 4 saturated heterocycles. The number of nitrogens with one attached hydrogen (secondary N) is 1. The van der Waals surface area contributed by atoms with Gasteiger partial charge in [0.15, 0.2) is 0 Å². The predicted molar refractivity (Wildman–Crippen MR) is 127 cm³/mol. The van der Waals surface area contributed by atoms with Gasteiger partial charge in [-0.25, -0.2) is 0 Å². The molecule has 2 heteroatoms. The van der Waals surface area contributed by atoms with Crippen LogP contribution in [0.5, 0.6) is 0 Å². The Morgan fingerprint density at radius 2 is 1.23 bits per heavy atom. The highest BCUT2D eigenvalue weighted by Crippen LogP contribution is 2.51. The summed E-state index contributed by atoms with van der Waals surface area (Å²) >= 11 is 0. The number of fused-ring (bicyclic) bond motifs is 1. The molecular weight excluding hydrogens is 376 g/mol. The quantitative estimate of drug-likeness (QED) is 0.571. The maximum Gasteiger partial charge on any atom is 0.0367 e. The summed E-state index contributed by atoms with van der Waals surface area (Å²) < 4.78 is 0.